The first-order valence-electron chi connectivity index (χ1n) is 9.10. The van der Waals surface area contributed by atoms with E-state index < -0.39 is 10.0 Å². The lowest BCUT2D eigenvalue weighted by Crippen LogP contribution is -2.52. The lowest BCUT2D eigenvalue weighted by Gasteiger charge is -2.34. The highest BCUT2D eigenvalue weighted by molar-refractivity contribution is 7.89. The molecule has 8 nitrogen and oxygen atoms in total. The Morgan fingerprint density at radius 3 is 2.78 bits per heavy atom. The Morgan fingerprint density at radius 2 is 2.11 bits per heavy atom. The van der Waals surface area contributed by atoms with Gasteiger partial charge in [-0.05, 0) is 25.1 Å². The van der Waals surface area contributed by atoms with Crippen LogP contribution in [0.1, 0.15) is 19.2 Å². The van der Waals surface area contributed by atoms with Crippen LogP contribution in [0.4, 0.5) is 0 Å². The number of amides is 1. The normalized spacial score (nSPS) is 18.4. The van der Waals surface area contributed by atoms with Gasteiger partial charge in [-0.2, -0.15) is 0 Å². The molecule has 1 amide bonds. The first-order valence-corrected chi connectivity index (χ1v) is 10.5. The van der Waals surface area contributed by atoms with Gasteiger partial charge in [0.25, 0.3) is 0 Å². The van der Waals surface area contributed by atoms with Gasteiger partial charge in [0.05, 0.1) is 15.9 Å². The monoisotopic (exact) mass is 393 g/mol. The maximum atomic E-state index is 12.5. The van der Waals surface area contributed by atoms with E-state index in [1.807, 2.05) is 23.4 Å². The Morgan fingerprint density at radius 1 is 1.37 bits per heavy atom. The second kappa shape index (κ2) is 7.57. The van der Waals surface area contributed by atoms with Crippen molar-refractivity contribution in [1.29, 1.82) is 0 Å². The van der Waals surface area contributed by atoms with Gasteiger partial charge in [-0.15, -0.1) is 0 Å². The Bertz CT molecular complexity index is 951. The summed E-state index contributed by atoms with van der Waals surface area (Å²) in [5, 5.41) is 3.28. The minimum atomic E-state index is -3.50. The largest absolute Gasteiger partial charge is 0.337 e. The van der Waals surface area contributed by atoms with Gasteiger partial charge in [0, 0.05) is 59.7 Å². The van der Waals surface area contributed by atoms with E-state index in [9.17, 15) is 13.2 Å². The molecule has 1 aliphatic rings. The Hall–Kier alpha value is -1.97. The summed E-state index contributed by atoms with van der Waals surface area (Å²) in [5.41, 5.74) is 1.48. The number of carbonyl (C=O) groups is 1. The molecule has 27 heavy (non-hydrogen) atoms. The molecule has 1 fully saturated rings. The number of aromatic nitrogens is 2. The summed E-state index contributed by atoms with van der Waals surface area (Å²) in [6.07, 6.45) is 0.917. The second-order valence-corrected chi connectivity index (χ2v) is 9.32. The van der Waals surface area contributed by atoms with Gasteiger partial charge in [-0.3, -0.25) is 4.79 Å². The summed E-state index contributed by atoms with van der Waals surface area (Å²) in [6, 6.07) is 5.15. The topological polar surface area (TPSA) is 87.5 Å². The third-order valence-electron chi connectivity index (χ3n) is 5.11. The lowest BCUT2D eigenvalue weighted by atomic mass is 10.2. The Labute approximate surface area is 160 Å². The van der Waals surface area contributed by atoms with Crippen LogP contribution in [0.5, 0.6) is 0 Å². The molecular formula is C18H27N5O3S. The molecule has 2 aromatic rings. The maximum Gasteiger partial charge on any atom is 0.242 e. The molecule has 1 atom stereocenters. The van der Waals surface area contributed by atoms with Crippen LogP contribution in [0.15, 0.2) is 23.1 Å². The highest BCUT2D eigenvalue weighted by Crippen LogP contribution is 2.22. The summed E-state index contributed by atoms with van der Waals surface area (Å²) in [7, 11) is 1.40. The third-order valence-corrected chi connectivity index (χ3v) is 6.92. The maximum absolute atomic E-state index is 12.5. The molecule has 1 N–H and O–H groups in total. The number of sulfonamides is 1. The van der Waals surface area contributed by atoms with Gasteiger partial charge in [0.2, 0.25) is 15.9 Å². The summed E-state index contributed by atoms with van der Waals surface area (Å²) in [6.45, 7) is 4.42. The van der Waals surface area contributed by atoms with Crippen molar-refractivity contribution in [3.63, 3.8) is 0 Å². The van der Waals surface area contributed by atoms with E-state index in [0.717, 1.165) is 31.0 Å². The van der Waals surface area contributed by atoms with Crippen LogP contribution in [0.3, 0.4) is 0 Å². The second-order valence-electron chi connectivity index (χ2n) is 7.17. The van der Waals surface area contributed by atoms with Crippen LogP contribution < -0.4 is 5.32 Å². The van der Waals surface area contributed by atoms with Gasteiger partial charge in [0.1, 0.15) is 5.82 Å². The zero-order chi connectivity index (χ0) is 19.8. The molecule has 1 aromatic carbocycles. The SMILES string of the molecule is C[C@H]1CNCCN1C(=O)CCc1nc2cc(S(=O)(=O)N(C)C)ccc2n1C. The van der Waals surface area contributed by atoms with Crippen molar-refractivity contribution in [2.45, 2.75) is 30.7 Å². The first-order chi connectivity index (χ1) is 12.7. The zero-order valence-electron chi connectivity index (χ0n) is 16.3. The first kappa shape index (κ1) is 19.8. The fourth-order valence-corrected chi connectivity index (χ4v) is 4.32. The van der Waals surface area contributed by atoms with Crippen LogP contribution in [0.2, 0.25) is 0 Å². The quantitative estimate of drug-likeness (QED) is 0.803. The van der Waals surface area contributed by atoms with Crippen molar-refractivity contribution >= 4 is 27.0 Å². The van der Waals surface area contributed by atoms with Gasteiger partial charge >= 0.3 is 0 Å². The molecule has 2 heterocycles. The Kier molecular flexibility index (Phi) is 5.55. The molecule has 3 rings (SSSR count). The van der Waals surface area contributed by atoms with E-state index in [-0.39, 0.29) is 16.8 Å². The number of hydrogen-bond acceptors (Lipinski definition) is 5. The average molecular weight is 394 g/mol. The summed E-state index contributed by atoms with van der Waals surface area (Å²) in [5.74, 6) is 0.910. The number of carbonyl (C=O) groups excluding carboxylic acids is 1. The molecule has 0 unspecified atom stereocenters. The number of aryl methyl sites for hydroxylation is 2. The van der Waals surface area contributed by atoms with Crippen LogP contribution in [-0.4, -0.2) is 72.9 Å². The lowest BCUT2D eigenvalue weighted by molar-refractivity contribution is -0.133. The highest BCUT2D eigenvalue weighted by atomic mass is 32.2. The van der Waals surface area contributed by atoms with Crippen molar-refractivity contribution in [1.82, 2.24) is 24.1 Å². The fraction of sp³-hybridized carbons (Fsp3) is 0.556. The van der Waals surface area contributed by atoms with E-state index in [0.29, 0.717) is 18.4 Å². The number of hydrogen-bond donors (Lipinski definition) is 1. The number of benzene rings is 1. The van der Waals surface area contributed by atoms with Crippen molar-refractivity contribution in [2.24, 2.45) is 7.05 Å². The van der Waals surface area contributed by atoms with Crippen LogP contribution in [0.25, 0.3) is 11.0 Å². The van der Waals surface area contributed by atoms with Crippen molar-refractivity contribution in [2.75, 3.05) is 33.7 Å². The molecule has 9 heteroatoms. The molecule has 0 bridgehead atoms. The molecule has 0 radical (unpaired) electrons. The Balaban J connectivity index is 1.79. The van der Waals surface area contributed by atoms with Gasteiger partial charge in [0.15, 0.2) is 0 Å². The smallest absolute Gasteiger partial charge is 0.242 e. The van der Waals surface area contributed by atoms with E-state index in [2.05, 4.69) is 10.3 Å². The summed E-state index contributed by atoms with van der Waals surface area (Å²) >= 11 is 0. The van der Waals surface area contributed by atoms with E-state index in [4.69, 9.17) is 0 Å². The number of piperazine rings is 1. The van der Waals surface area contributed by atoms with Crippen LogP contribution in [-0.2, 0) is 28.3 Å². The van der Waals surface area contributed by atoms with Gasteiger partial charge < -0.3 is 14.8 Å². The van der Waals surface area contributed by atoms with Crippen molar-refractivity contribution in [3.05, 3.63) is 24.0 Å². The predicted octanol–water partition coefficient (Wildman–Crippen LogP) is 0.577. The molecule has 0 saturated carbocycles. The van der Waals surface area contributed by atoms with Crippen molar-refractivity contribution in [3.8, 4) is 0 Å². The highest BCUT2D eigenvalue weighted by Gasteiger charge is 2.23. The molecule has 1 aliphatic heterocycles. The molecule has 1 saturated heterocycles. The summed E-state index contributed by atoms with van der Waals surface area (Å²) < 4.78 is 27.8. The molecule has 148 valence electrons. The number of nitrogens with one attached hydrogen (secondary N) is 1. The number of imidazole rings is 1. The fourth-order valence-electron chi connectivity index (χ4n) is 3.40. The molecule has 0 spiro atoms. The number of fused-ring (bicyclic) bond motifs is 1. The van der Waals surface area contributed by atoms with Crippen LogP contribution >= 0.6 is 0 Å². The van der Waals surface area contributed by atoms with Gasteiger partial charge in [-0.25, -0.2) is 17.7 Å². The zero-order valence-corrected chi connectivity index (χ0v) is 17.1. The molecule has 0 aliphatic carbocycles. The number of nitrogens with zero attached hydrogens (tertiary/aromatic N) is 4. The minimum Gasteiger partial charge on any atom is -0.337 e. The standard InChI is InChI=1S/C18H27N5O3S/c1-13-12-19-9-10-23(13)18(24)8-7-17-20-15-11-14(27(25,26)21(2)3)5-6-16(15)22(17)4/h5-6,11,13,19H,7-10,12H2,1-4H3/t13-/m0/s1. The van der Waals surface area contributed by atoms with E-state index in [1.165, 1.54) is 18.4 Å². The third kappa shape index (κ3) is 3.85. The summed E-state index contributed by atoms with van der Waals surface area (Å²) in [4.78, 5) is 19.3. The van der Waals surface area contributed by atoms with Gasteiger partial charge in [-0.1, -0.05) is 0 Å². The van der Waals surface area contributed by atoms with E-state index >= 15 is 0 Å². The molecular weight excluding hydrogens is 366 g/mol. The van der Waals surface area contributed by atoms with E-state index in [1.54, 1.807) is 18.2 Å². The predicted molar refractivity (Wildman–Crippen MR) is 104 cm³/mol. The minimum absolute atomic E-state index is 0.131. The van der Waals surface area contributed by atoms with Crippen LogP contribution in [0, 0.1) is 0 Å². The average Bonchev–Trinajstić information content (AvgIpc) is 2.95. The number of rotatable bonds is 5. The van der Waals surface area contributed by atoms with Crippen molar-refractivity contribution < 1.29 is 13.2 Å². The molecule has 1 aromatic heterocycles.